The Morgan fingerprint density at radius 3 is 2.47 bits per heavy atom. The molecule has 2 aliphatic rings. The first kappa shape index (κ1) is 32.2. The smallest absolute Gasteiger partial charge is 0.245 e. The van der Waals surface area contributed by atoms with Gasteiger partial charge in [-0.2, -0.15) is 0 Å². The van der Waals surface area contributed by atoms with Gasteiger partial charge < -0.3 is 31.7 Å². The number of hydrogen-bond donors (Lipinski definition) is 4. The molecular weight excluding hydrogens is 588 g/mol. The fourth-order valence-electron chi connectivity index (χ4n) is 6.78. The molecule has 0 bridgehead atoms. The summed E-state index contributed by atoms with van der Waals surface area (Å²) in [5.41, 5.74) is 15.6. The third-order valence-electron chi connectivity index (χ3n) is 9.24. The number of carbonyl (C=O) groups is 2. The third-order valence-corrected chi connectivity index (χ3v) is 9.24. The van der Waals surface area contributed by atoms with E-state index in [9.17, 15) is 9.59 Å². The van der Waals surface area contributed by atoms with Crippen molar-refractivity contribution in [3.63, 3.8) is 0 Å². The van der Waals surface area contributed by atoms with Crippen molar-refractivity contribution in [2.24, 2.45) is 16.5 Å². The Morgan fingerprint density at radius 2 is 1.66 bits per heavy atom. The van der Waals surface area contributed by atoms with Crippen LogP contribution < -0.4 is 22.1 Å². The minimum Gasteiger partial charge on any atom is -0.372 e. The molecule has 9 nitrogen and oxygen atoms in total. The molecule has 47 heavy (non-hydrogen) atoms. The number of benzene rings is 4. The molecule has 4 aromatic rings. The van der Waals surface area contributed by atoms with Gasteiger partial charge in [0.2, 0.25) is 11.8 Å². The summed E-state index contributed by atoms with van der Waals surface area (Å²) in [6.45, 7) is 2.01. The van der Waals surface area contributed by atoms with Gasteiger partial charge in [0.05, 0.1) is 18.8 Å². The minimum atomic E-state index is -0.719. The van der Waals surface area contributed by atoms with Crippen molar-refractivity contribution in [1.82, 2.24) is 15.5 Å². The number of guanidine groups is 1. The second-order valence-corrected chi connectivity index (χ2v) is 12.6. The fourth-order valence-corrected chi connectivity index (χ4v) is 6.78. The van der Waals surface area contributed by atoms with Crippen molar-refractivity contribution in [2.75, 3.05) is 13.1 Å². The molecule has 4 atom stereocenters. The predicted octanol–water partition coefficient (Wildman–Crippen LogP) is 3.82. The molecule has 0 spiro atoms. The van der Waals surface area contributed by atoms with Gasteiger partial charge in [-0.25, -0.2) is 0 Å². The van der Waals surface area contributed by atoms with Crippen LogP contribution in [0, 0.1) is 0 Å². The Morgan fingerprint density at radius 1 is 0.915 bits per heavy atom. The number of rotatable bonds is 12. The van der Waals surface area contributed by atoms with Gasteiger partial charge in [0.1, 0.15) is 6.04 Å². The van der Waals surface area contributed by atoms with Crippen molar-refractivity contribution in [1.29, 1.82) is 0 Å². The van der Waals surface area contributed by atoms with Crippen molar-refractivity contribution in [3.8, 4) is 0 Å². The topological polar surface area (TPSA) is 135 Å². The Bertz CT molecular complexity index is 1710. The first-order valence-electron chi connectivity index (χ1n) is 16.5. The molecule has 9 heteroatoms. The van der Waals surface area contributed by atoms with Gasteiger partial charge in [0.15, 0.2) is 5.96 Å². The number of ether oxygens (including phenoxy) is 1. The van der Waals surface area contributed by atoms with Gasteiger partial charge in [0.25, 0.3) is 0 Å². The predicted molar refractivity (Wildman–Crippen MR) is 185 cm³/mol. The average molecular weight is 633 g/mol. The van der Waals surface area contributed by atoms with E-state index in [2.05, 4.69) is 58.1 Å². The highest BCUT2D eigenvalue weighted by molar-refractivity contribution is 5.90. The summed E-state index contributed by atoms with van der Waals surface area (Å²) in [6, 6.07) is 31.4. The number of carbonyl (C=O) groups excluding carboxylic acids is 2. The zero-order valence-corrected chi connectivity index (χ0v) is 26.7. The van der Waals surface area contributed by atoms with Crippen LogP contribution in [0.25, 0.3) is 10.8 Å². The summed E-state index contributed by atoms with van der Waals surface area (Å²) < 4.78 is 6.44. The van der Waals surface area contributed by atoms with Crippen LogP contribution in [-0.2, 0) is 40.3 Å². The number of likely N-dealkylation sites (tertiary alicyclic amines) is 1. The van der Waals surface area contributed by atoms with Crippen LogP contribution in [-0.4, -0.2) is 60.0 Å². The van der Waals surface area contributed by atoms with E-state index in [1.165, 1.54) is 16.3 Å². The lowest BCUT2D eigenvalue weighted by atomic mass is 9.95. The van der Waals surface area contributed by atoms with E-state index in [-0.39, 0.29) is 29.9 Å². The van der Waals surface area contributed by atoms with Gasteiger partial charge in [-0.1, -0.05) is 91.0 Å². The van der Waals surface area contributed by atoms with Gasteiger partial charge in [-0.05, 0) is 64.8 Å². The summed E-state index contributed by atoms with van der Waals surface area (Å²) in [5.74, 6) is -0.200. The van der Waals surface area contributed by atoms with Crippen LogP contribution in [0.15, 0.2) is 102 Å². The van der Waals surface area contributed by atoms with Crippen molar-refractivity contribution in [3.05, 3.63) is 119 Å². The molecule has 0 radical (unpaired) electrons. The Labute approximate surface area is 276 Å². The van der Waals surface area contributed by atoms with E-state index < -0.39 is 12.1 Å². The van der Waals surface area contributed by atoms with E-state index in [0.717, 1.165) is 29.5 Å². The minimum absolute atomic E-state index is 0.0607. The largest absolute Gasteiger partial charge is 0.372 e. The summed E-state index contributed by atoms with van der Waals surface area (Å²) >= 11 is 0. The van der Waals surface area contributed by atoms with Gasteiger partial charge in [-0.15, -0.1) is 0 Å². The highest BCUT2D eigenvalue weighted by atomic mass is 16.5. The van der Waals surface area contributed by atoms with Gasteiger partial charge in [-0.3, -0.25) is 14.6 Å². The number of hydrogen-bond acceptors (Lipinski definition) is 5. The standard InChI is InChI=1S/C38H44N6O3/c39-38(40)41-18-8-15-32-22-33(47-25-27-16-17-28-11-4-5-12-29(28)19-27)24-44(32)37(46)35(20-26-9-2-1-3-10-26)43-36(45)34-21-30-13-6-7-14-31(30)23-42-34/h1-7,9-14,16-17,19,32-35,42H,8,15,18,20-25H2,(H,43,45)(H4,39,40,41)/t32-,33-,34?,35-/m1/s1. The molecule has 0 aromatic heterocycles. The van der Waals surface area contributed by atoms with E-state index in [1.807, 2.05) is 59.5 Å². The first-order chi connectivity index (χ1) is 22.9. The molecule has 2 heterocycles. The molecule has 1 saturated heterocycles. The van der Waals surface area contributed by atoms with E-state index in [1.54, 1.807) is 0 Å². The Balaban J connectivity index is 1.18. The molecule has 1 unspecified atom stereocenters. The number of nitrogens with two attached hydrogens (primary N) is 2. The quantitative estimate of drug-likeness (QED) is 0.107. The number of aliphatic imine (C=N–C) groups is 1. The zero-order valence-electron chi connectivity index (χ0n) is 26.7. The summed E-state index contributed by atoms with van der Waals surface area (Å²) in [4.78, 5) is 34.2. The number of fused-ring (bicyclic) bond motifs is 2. The highest BCUT2D eigenvalue weighted by Gasteiger charge is 2.39. The van der Waals surface area contributed by atoms with Crippen LogP contribution in [0.5, 0.6) is 0 Å². The van der Waals surface area contributed by atoms with E-state index >= 15 is 0 Å². The third kappa shape index (κ3) is 8.36. The summed E-state index contributed by atoms with van der Waals surface area (Å²) in [6.07, 6.45) is 3.00. The monoisotopic (exact) mass is 632 g/mol. The number of nitrogens with one attached hydrogen (secondary N) is 2. The normalized spacial score (nSPS) is 19.6. The van der Waals surface area contributed by atoms with Crippen molar-refractivity contribution < 1.29 is 14.3 Å². The maximum Gasteiger partial charge on any atom is 0.245 e. The number of nitrogens with zero attached hydrogens (tertiary/aromatic N) is 2. The highest BCUT2D eigenvalue weighted by Crippen LogP contribution is 2.27. The van der Waals surface area contributed by atoms with Crippen LogP contribution in [0.1, 0.15) is 41.5 Å². The second-order valence-electron chi connectivity index (χ2n) is 12.6. The zero-order chi connectivity index (χ0) is 32.6. The van der Waals surface area contributed by atoms with E-state index in [0.29, 0.717) is 45.5 Å². The molecular formula is C38H44N6O3. The second kappa shape index (κ2) is 15.2. The molecule has 0 saturated carbocycles. The lowest BCUT2D eigenvalue weighted by molar-refractivity contribution is -0.138. The maximum absolute atomic E-state index is 14.5. The molecule has 244 valence electrons. The molecule has 6 rings (SSSR count). The Kier molecular flexibility index (Phi) is 10.4. The number of amides is 2. The maximum atomic E-state index is 14.5. The lowest BCUT2D eigenvalue weighted by Gasteiger charge is -2.31. The Hall–Kier alpha value is -4.73. The molecule has 2 aliphatic heterocycles. The van der Waals surface area contributed by atoms with Crippen LogP contribution >= 0.6 is 0 Å². The first-order valence-corrected chi connectivity index (χ1v) is 16.5. The fraction of sp³-hybridized carbons (Fsp3) is 0.342. The van der Waals surface area contributed by atoms with Crippen molar-refractivity contribution >= 4 is 28.5 Å². The SMILES string of the molecule is NC(N)=NCCC[C@@H]1C[C@@H](OCc2ccc3ccccc3c2)CN1C(=O)[C@@H](Cc1ccccc1)NC(=O)C1Cc2ccccc2CN1. The molecule has 2 amide bonds. The van der Waals surface area contributed by atoms with Gasteiger partial charge >= 0.3 is 0 Å². The average Bonchev–Trinajstić information content (AvgIpc) is 3.51. The van der Waals surface area contributed by atoms with Crippen LogP contribution in [0.4, 0.5) is 0 Å². The summed E-state index contributed by atoms with van der Waals surface area (Å²) in [5, 5.41) is 8.87. The lowest BCUT2D eigenvalue weighted by Crippen LogP contribution is -2.56. The molecule has 0 aliphatic carbocycles. The molecule has 6 N–H and O–H groups in total. The summed E-state index contributed by atoms with van der Waals surface area (Å²) in [7, 11) is 0. The van der Waals surface area contributed by atoms with Crippen LogP contribution in [0.2, 0.25) is 0 Å². The van der Waals surface area contributed by atoms with Gasteiger partial charge in [0, 0.05) is 32.1 Å². The molecule has 1 fully saturated rings. The van der Waals surface area contributed by atoms with Crippen molar-refractivity contribution in [2.45, 2.75) is 69.5 Å². The van der Waals surface area contributed by atoms with E-state index in [4.69, 9.17) is 16.2 Å². The van der Waals surface area contributed by atoms with Crippen LogP contribution in [0.3, 0.4) is 0 Å². The molecule has 4 aromatic carbocycles.